The standard InChI is InChI=1S/C12H24N2O2/c1-3-14(2)12(15)9-16-11-8-6-4-5-7-10(11)13/h10-11H,3-9,13H2,1-2H3. The lowest BCUT2D eigenvalue weighted by Crippen LogP contribution is -2.39. The molecule has 0 aromatic carbocycles. The molecule has 1 aliphatic rings. The monoisotopic (exact) mass is 228 g/mol. The minimum absolute atomic E-state index is 0.0407. The van der Waals surface area contributed by atoms with Crippen molar-refractivity contribution in [2.45, 2.75) is 51.2 Å². The van der Waals surface area contributed by atoms with Crippen LogP contribution in [0, 0.1) is 0 Å². The lowest BCUT2D eigenvalue weighted by molar-refractivity contribution is -0.137. The molecule has 0 bridgehead atoms. The van der Waals surface area contributed by atoms with Gasteiger partial charge in [-0.1, -0.05) is 19.3 Å². The molecule has 1 rings (SSSR count). The van der Waals surface area contributed by atoms with Crippen LogP contribution in [0.3, 0.4) is 0 Å². The van der Waals surface area contributed by atoms with Crippen LogP contribution in [-0.4, -0.2) is 43.2 Å². The van der Waals surface area contributed by atoms with E-state index >= 15 is 0 Å². The van der Waals surface area contributed by atoms with Gasteiger partial charge in [0.25, 0.3) is 0 Å². The van der Waals surface area contributed by atoms with E-state index in [4.69, 9.17) is 10.5 Å². The Morgan fingerprint density at radius 3 is 2.75 bits per heavy atom. The van der Waals surface area contributed by atoms with Gasteiger partial charge in [-0.05, 0) is 19.8 Å². The number of hydrogen-bond donors (Lipinski definition) is 1. The summed E-state index contributed by atoms with van der Waals surface area (Å²) in [5.41, 5.74) is 6.02. The Morgan fingerprint density at radius 1 is 1.38 bits per heavy atom. The minimum Gasteiger partial charge on any atom is -0.367 e. The van der Waals surface area contributed by atoms with Gasteiger partial charge in [-0.25, -0.2) is 0 Å². The Bertz CT molecular complexity index is 221. The average Bonchev–Trinajstić information content (AvgIpc) is 2.50. The molecular weight excluding hydrogens is 204 g/mol. The molecular formula is C12H24N2O2. The van der Waals surface area contributed by atoms with Gasteiger partial charge in [-0.15, -0.1) is 0 Å². The molecule has 0 spiro atoms. The quantitative estimate of drug-likeness (QED) is 0.734. The van der Waals surface area contributed by atoms with Crippen LogP contribution in [0.1, 0.15) is 39.0 Å². The second-order valence-electron chi connectivity index (χ2n) is 4.56. The molecule has 4 heteroatoms. The molecule has 1 fully saturated rings. The van der Waals surface area contributed by atoms with Crippen molar-refractivity contribution in [3.8, 4) is 0 Å². The lowest BCUT2D eigenvalue weighted by Gasteiger charge is -2.23. The molecule has 1 amide bonds. The summed E-state index contributed by atoms with van der Waals surface area (Å²) in [6.45, 7) is 2.84. The largest absolute Gasteiger partial charge is 0.367 e. The maximum absolute atomic E-state index is 11.6. The zero-order valence-electron chi connectivity index (χ0n) is 10.4. The van der Waals surface area contributed by atoms with Gasteiger partial charge in [0.05, 0.1) is 6.10 Å². The summed E-state index contributed by atoms with van der Waals surface area (Å²) in [4.78, 5) is 13.2. The fraction of sp³-hybridized carbons (Fsp3) is 0.917. The van der Waals surface area contributed by atoms with Crippen LogP contribution >= 0.6 is 0 Å². The van der Waals surface area contributed by atoms with Crippen LogP contribution in [0.25, 0.3) is 0 Å². The van der Waals surface area contributed by atoms with E-state index in [9.17, 15) is 4.79 Å². The summed E-state index contributed by atoms with van der Waals surface area (Å²) in [5, 5.41) is 0. The van der Waals surface area contributed by atoms with E-state index in [2.05, 4.69) is 0 Å². The second kappa shape index (κ2) is 6.86. The van der Waals surface area contributed by atoms with Crippen molar-refractivity contribution in [1.82, 2.24) is 4.90 Å². The van der Waals surface area contributed by atoms with Crippen molar-refractivity contribution >= 4 is 5.91 Å². The third-order valence-electron chi connectivity index (χ3n) is 3.32. The van der Waals surface area contributed by atoms with Gasteiger partial charge >= 0.3 is 0 Å². The van der Waals surface area contributed by atoms with Crippen molar-refractivity contribution < 1.29 is 9.53 Å². The topological polar surface area (TPSA) is 55.6 Å². The molecule has 4 nitrogen and oxygen atoms in total. The molecule has 94 valence electrons. The number of ether oxygens (including phenoxy) is 1. The number of carbonyl (C=O) groups excluding carboxylic acids is 1. The first kappa shape index (κ1) is 13.5. The number of amides is 1. The van der Waals surface area contributed by atoms with Gasteiger partial charge in [0.15, 0.2) is 0 Å². The number of nitrogens with zero attached hydrogens (tertiary/aromatic N) is 1. The highest BCUT2D eigenvalue weighted by Crippen LogP contribution is 2.19. The molecule has 2 unspecified atom stereocenters. The van der Waals surface area contributed by atoms with Gasteiger partial charge in [0, 0.05) is 19.6 Å². The molecule has 0 aromatic rings. The van der Waals surface area contributed by atoms with Crippen LogP contribution in [0.5, 0.6) is 0 Å². The molecule has 1 saturated carbocycles. The van der Waals surface area contributed by atoms with E-state index in [0.717, 1.165) is 25.8 Å². The third-order valence-corrected chi connectivity index (χ3v) is 3.32. The van der Waals surface area contributed by atoms with E-state index in [1.165, 1.54) is 12.8 Å². The fourth-order valence-electron chi connectivity index (χ4n) is 1.97. The number of hydrogen-bond acceptors (Lipinski definition) is 3. The number of rotatable bonds is 4. The highest BCUT2D eigenvalue weighted by molar-refractivity contribution is 5.77. The molecule has 0 aromatic heterocycles. The Labute approximate surface area is 98.1 Å². The SMILES string of the molecule is CCN(C)C(=O)COC1CCCCCC1N. The first-order valence-electron chi connectivity index (χ1n) is 6.26. The Balaban J connectivity index is 2.32. The summed E-state index contributed by atoms with van der Waals surface area (Å²) in [5.74, 6) is 0.0407. The van der Waals surface area contributed by atoms with E-state index in [1.54, 1.807) is 11.9 Å². The number of likely N-dealkylation sites (N-methyl/N-ethyl adjacent to an activating group) is 1. The zero-order valence-corrected chi connectivity index (χ0v) is 10.4. The molecule has 0 heterocycles. The predicted octanol–water partition coefficient (Wildman–Crippen LogP) is 1.14. The summed E-state index contributed by atoms with van der Waals surface area (Å²) in [6, 6.07) is 0.0993. The summed E-state index contributed by atoms with van der Waals surface area (Å²) in [7, 11) is 1.79. The van der Waals surface area contributed by atoms with E-state index in [-0.39, 0.29) is 24.7 Å². The van der Waals surface area contributed by atoms with Crippen LogP contribution in [0.15, 0.2) is 0 Å². The van der Waals surface area contributed by atoms with E-state index in [0.29, 0.717) is 0 Å². The van der Waals surface area contributed by atoms with E-state index < -0.39 is 0 Å². The smallest absolute Gasteiger partial charge is 0.248 e. The number of carbonyl (C=O) groups is 1. The summed E-state index contributed by atoms with van der Waals surface area (Å²) < 4.78 is 5.64. The fourth-order valence-corrected chi connectivity index (χ4v) is 1.97. The molecule has 16 heavy (non-hydrogen) atoms. The maximum Gasteiger partial charge on any atom is 0.248 e. The van der Waals surface area contributed by atoms with Crippen molar-refractivity contribution in [3.63, 3.8) is 0 Å². The average molecular weight is 228 g/mol. The molecule has 0 radical (unpaired) electrons. The van der Waals surface area contributed by atoms with E-state index in [1.807, 2.05) is 6.92 Å². The first-order chi connectivity index (χ1) is 7.65. The predicted molar refractivity (Wildman–Crippen MR) is 64.1 cm³/mol. The Morgan fingerprint density at radius 2 is 2.06 bits per heavy atom. The summed E-state index contributed by atoms with van der Waals surface area (Å²) >= 11 is 0. The van der Waals surface area contributed by atoms with Crippen LogP contribution in [-0.2, 0) is 9.53 Å². The van der Waals surface area contributed by atoms with Crippen molar-refractivity contribution in [1.29, 1.82) is 0 Å². The zero-order chi connectivity index (χ0) is 12.0. The van der Waals surface area contributed by atoms with Gasteiger partial charge < -0.3 is 15.4 Å². The lowest BCUT2D eigenvalue weighted by atomic mass is 10.1. The molecule has 0 saturated heterocycles. The molecule has 2 N–H and O–H groups in total. The highest BCUT2D eigenvalue weighted by atomic mass is 16.5. The van der Waals surface area contributed by atoms with Gasteiger partial charge in [-0.3, -0.25) is 4.79 Å². The van der Waals surface area contributed by atoms with Crippen LogP contribution in [0.4, 0.5) is 0 Å². The van der Waals surface area contributed by atoms with Crippen LogP contribution < -0.4 is 5.73 Å². The highest BCUT2D eigenvalue weighted by Gasteiger charge is 2.22. The van der Waals surface area contributed by atoms with Gasteiger partial charge in [0.2, 0.25) is 5.91 Å². The first-order valence-corrected chi connectivity index (χ1v) is 6.26. The second-order valence-corrected chi connectivity index (χ2v) is 4.56. The Hall–Kier alpha value is -0.610. The molecule has 0 aliphatic heterocycles. The van der Waals surface area contributed by atoms with Crippen molar-refractivity contribution in [2.75, 3.05) is 20.2 Å². The van der Waals surface area contributed by atoms with Gasteiger partial charge in [-0.2, -0.15) is 0 Å². The van der Waals surface area contributed by atoms with Gasteiger partial charge in [0.1, 0.15) is 6.61 Å². The Kier molecular flexibility index (Phi) is 5.77. The minimum atomic E-state index is 0.0407. The molecule has 2 atom stereocenters. The summed E-state index contributed by atoms with van der Waals surface area (Å²) in [6.07, 6.45) is 5.65. The molecule has 1 aliphatic carbocycles. The third kappa shape index (κ3) is 4.10. The van der Waals surface area contributed by atoms with Crippen LogP contribution in [0.2, 0.25) is 0 Å². The maximum atomic E-state index is 11.6. The van der Waals surface area contributed by atoms with Crippen molar-refractivity contribution in [2.24, 2.45) is 5.73 Å². The van der Waals surface area contributed by atoms with Crippen molar-refractivity contribution in [3.05, 3.63) is 0 Å². The normalized spacial score (nSPS) is 26.2. The number of nitrogens with two attached hydrogens (primary N) is 1.